The first-order valence-electron chi connectivity index (χ1n) is 12.5. The second kappa shape index (κ2) is 11.0. The van der Waals surface area contributed by atoms with E-state index in [9.17, 15) is 9.90 Å². The fourth-order valence-corrected chi connectivity index (χ4v) is 4.88. The number of aliphatic hydroxyl groups is 1. The Morgan fingerprint density at radius 1 is 1.11 bits per heavy atom. The van der Waals surface area contributed by atoms with Crippen molar-refractivity contribution in [2.24, 2.45) is 10.7 Å². The Morgan fingerprint density at radius 2 is 1.89 bits per heavy atom. The van der Waals surface area contributed by atoms with Gasteiger partial charge in [-0.05, 0) is 62.9 Å². The summed E-state index contributed by atoms with van der Waals surface area (Å²) in [4.78, 5) is 22.1. The lowest BCUT2D eigenvalue weighted by Crippen LogP contribution is -2.41. The van der Waals surface area contributed by atoms with Crippen molar-refractivity contribution in [3.8, 4) is 0 Å². The van der Waals surface area contributed by atoms with Crippen LogP contribution in [-0.4, -0.2) is 48.6 Å². The lowest BCUT2D eigenvalue weighted by Gasteiger charge is -2.36. The smallest absolute Gasteiger partial charge is 0.267 e. The number of aryl methyl sites for hydroxylation is 1. The van der Waals surface area contributed by atoms with E-state index in [0.717, 1.165) is 60.6 Å². The van der Waals surface area contributed by atoms with Gasteiger partial charge in [-0.25, -0.2) is 0 Å². The largest absolute Gasteiger partial charge is 0.394 e. The van der Waals surface area contributed by atoms with Crippen LogP contribution in [0, 0.1) is 0 Å². The molecular formula is C28H37N5O2. The Morgan fingerprint density at radius 3 is 2.60 bits per heavy atom. The van der Waals surface area contributed by atoms with Gasteiger partial charge in [0.1, 0.15) is 11.9 Å². The maximum absolute atomic E-state index is 13.0. The molecule has 1 atom stereocenters. The molecule has 1 saturated heterocycles. The summed E-state index contributed by atoms with van der Waals surface area (Å²) in [6.07, 6.45) is 2.24. The quantitative estimate of drug-likeness (QED) is 0.557. The van der Waals surface area contributed by atoms with Gasteiger partial charge in [0.25, 0.3) is 5.91 Å². The molecule has 0 radical (unpaired) electrons. The minimum Gasteiger partial charge on any atom is -0.394 e. The molecule has 4 rings (SSSR count). The average Bonchev–Trinajstić information content (AvgIpc) is 2.86. The molecule has 35 heavy (non-hydrogen) atoms. The van der Waals surface area contributed by atoms with Gasteiger partial charge in [-0.3, -0.25) is 9.79 Å². The predicted octanol–water partition coefficient (Wildman–Crippen LogP) is 3.37. The highest BCUT2D eigenvalue weighted by atomic mass is 16.3. The number of anilines is 2. The van der Waals surface area contributed by atoms with Crippen LogP contribution >= 0.6 is 0 Å². The van der Waals surface area contributed by atoms with Crippen LogP contribution in [-0.2, 0) is 17.8 Å². The van der Waals surface area contributed by atoms with Gasteiger partial charge in [0.2, 0.25) is 0 Å². The molecule has 0 bridgehead atoms. The number of piperidine rings is 1. The molecule has 0 aliphatic carbocycles. The molecule has 0 spiro atoms. The number of benzene rings is 2. The summed E-state index contributed by atoms with van der Waals surface area (Å²) in [5.74, 6) is -0.264. The van der Waals surface area contributed by atoms with Crippen LogP contribution in [0.5, 0.6) is 0 Å². The van der Waals surface area contributed by atoms with Gasteiger partial charge in [-0.15, -0.1) is 0 Å². The fourth-order valence-electron chi connectivity index (χ4n) is 4.88. The number of fused-ring (bicyclic) bond motifs is 1. The molecule has 7 heteroatoms. The topological polar surface area (TPSA) is 94.2 Å². The fraction of sp³-hybridized carbons (Fsp3) is 0.429. The molecule has 1 fully saturated rings. The number of nitrogens with two attached hydrogens (primary N) is 1. The number of nitrogens with zero attached hydrogens (tertiary/aromatic N) is 3. The first-order valence-corrected chi connectivity index (χ1v) is 12.5. The van der Waals surface area contributed by atoms with Crippen molar-refractivity contribution in [3.05, 3.63) is 70.9 Å². The Balaban J connectivity index is 1.57. The number of carbonyl (C=O) groups excluding carboxylic acids is 1. The number of carbonyl (C=O) groups is 1. The zero-order valence-electron chi connectivity index (χ0n) is 21.0. The maximum Gasteiger partial charge on any atom is 0.267 e. The summed E-state index contributed by atoms with van der Waals surface area (Å²) in [6, 6.07) is 16.4. The van der Waals surface area contributed by atoms with Crippen LogP contribution in [0.1, 0.15) is 44.7 Å². The number of aliphatic imine (C=N–C) groups is 1. The molecule has 4 N–H and O–H groups in total. The molecule has 2 aromatic carbocycles. The molecule has 7 nitrogen and oxygen atoms in total. The minimum atomic E-state index is -0.506. The summed E-state index contributed by atoms with van der Waals surface area (Å²) in [5.41, 5.74) is 12.9. The highest BCUT2D eigenvalue weighted by Gasteiger charge is 2.27. The number of hydrogen-bond acceptors (Lipinski definition) is 6. The highest BCUT2D eigenvalue weighted by Crippen LogP contribution is 2.33. The predicted molar refractivity (Wildman–Crippen MR) is 143 cm³/mol. The van der Waals surface area contributed by atoms with Crippen molar-refractivity contribution in [2.45, 2.75) is 58.8 Å². The SMILES string of the molecule is CC(C)N=C1CCN(c2ccc3c(c2)CCCN3C(C)O)C/C1=C(/N)C(=O)NCc1ccccc1. The lowest BCUT2D eigenvalue weighted by atomic mass is 9.96. The minimum absolute atomic E-state index is 0.127. The second-order valence-electron chi connectivity index (χ2n) is 9.64. The van der Waals surface area contributed by atoms with Crippen molar-refractivity contribution >= 4 is 23.0 Å². The van der Waals surface area contributed by atoms with Crippen LogP contribution in [0.4, 0.5) is 11.4 Å². The molecular weight excluding hydrogens is 438 g/mol. The first kappa shape index (κ1) is 24.8. The van der Waals surface area contributed by atoms with Crippen LogP contribution in [0.15, 0.2) is 64.8 Å². The molecule has 0 aromatic heterocycles. The third-order valence-electron chi connectivity index (χ3n) is 6.63. The highest BCUT2D eigenvalue weighted by molar-refractivity contribution is 6.09. The molecule has 2 aliphatic heterocycles. The summed E-state index contributed by atoms with van der Waals surface area (Å²) in [6.45, 7) is 8.54. The summed E-state index contributed by atoms with van der Waals surface area (Å²) < 4.78 is 0. The number of amides is 1. The second-order valence-corrected chi connectivity index (χ2v) is 9.64. The van der Waals surface area contributed by atoms with Gasteiger partial charge in [-0.2, -0.15) is 0 Å². The normalized spacial score (nSPS) is 19.5. The zero-order valence-corrected chi connectivity index (χ0v) is 21.0. The van der Waals surface area contributed by atoms with E-state index in [1.165, 1.54) is 5.56 Å². The van der Waals surface area contributed by atoms with Crippen LogP contribution in [0.25, 0.3) is 0 Å². The Labute approximate surface area is 208 Å². The van der Waals surface area contributed by atoms with E-state index in [4.69, 9.17) is 10.7 Å². The lowest BCUT2D eigenvalue weighted by molar-refractivity contribution is -0.117. The molecule has 0 saturated carbocycles. The number of nitrogens with one attached hydrogen (secondary N) is 1. The summed E-state index contributed by atoms with van der Waals surface area (Å²) in [5, 5.41) is 13.1. The Bertz CT molecular complexity index is 1110. The number of aliphatic hydroxyl groups excluding tert-OH is 1. The van der Waals surface area contributed by atoms with E-state index in [1.807, 2.05) is 56.0 Å². The van der Waals surface area contributed by atoms with Crippen molar-refractivity contribution < 1.29 is 9.90 Å². The van der Waals surface area contributed by atoms with E-state index in [-0.39, 0.29) is 17.6 Å². The number of rotatable bonds is 6. The van der Waals surface area contributed by atoms with Gasteiger partial charge >= 0.3 is 0 Å². The van der Waals surface area contributed by atoms with Crippen molar-refractivity contribution in [1.29, 1.82) is 0 Å². The van der Waals surface area contributed by atoms with Gasteiger partial charge in [0.05, 0.1) is 0 Å². The van der Waals surface area contributed by atoms with Crippen molar-refractivity contribution in [2.75, 3.05) is 29.4 Å². The molecule has 1 unspecified atom stereocenters. The van der Waals surface area contributed by atoms with Gasteiger partial charge in [0, 0.05) is 61.3 Å². The standard InChI is InChI=1S/C28H37N5O2/c1-19(2)31-25-13-15-32(23-11-12-26-22(16-23)10-7-14-33(26)20(3)34)18-24(25)27(29)28(35)30-17-21-8-5-4-6-9-21/h4-6,8-9,11-12,16,19-20,34H,7,10,13-15,17-18,29H2,1-3H3,(H,30,35)/b27-24-,31-25?. The molecule has 2 aromatic rings. The zero-order chi connectivity index (χ0) is 24.9. The van der Waals surface area contributed by atoms with E-state index in [1.54, 1.807) is 0 Å². The van der Waals surface area contributed by atoms with Crippen LogP contribution in [0.3, 0.4) is 0 Å². The van der Waals surface area contributed by atoms with Gasteiger partial charge in [0.15, 0.2) is 0 Å². The van der Waals surface area contributed by atoms with Gasteiger partial charge in [-0.1, -0.05) is 30.3 Å². The monoisotopic (exact) mass is 475 g/mol. The van der Waals surface area contributed by atoms with Crippen LogP contribution in [0.2, 0.25) is 0 Å². The summed E-state index contributed by atoms with van der Waals surface area (Å²) in [7, 11) is 0. The van der Waals surface area contributed by atoms with Crippen LogP contribution < -0.4 is 20.9 Å². The van der Waals surface area contributed by atoms with Crippen molar-refractivity contribution in [1.82, 2.24) is 5.32 Å². The molecule has 186 valence electrons. The average molecular weight is 476 g/mol. The molecule has 1 amide bonds. The first-order chi connectivity index (χ1) is 16.8. The third-order valence-corrected chi connectivity index (χ3v) is 6.63. The van der Waals surface area contributed by atoms with E-state index >= 15 is 0 Å². The Hall–Kier alpha value is -3.32. The Kier molecular flexibility index (Phi) is 7.76. The summed E-state index contributed by atoms with van der Waals surface area (Å²) >= 11 is 0. The van der Waals surface area contributed by atoms with E-state index in [2.05, 4.69) is 28.4 Å². The van der Waals surface area contributed by atoms with E-state index in [0.29, 0.717) is 13.1 Å². The number of hydrogen-bond donors (Lipinski definition) is 3. The maximum atomic E-state index is 13.0. The van der Waals surface area contributed by atoms with Gasteiger partial charge < -0.3 is 26.0 Å². The van der Waals surface area contributed by atoms with E-state index < -0.39 is 6.23 Å². The molecule has 2 aliphatic rings. The third kappa shape index (κ3) is 5.85. The molecule has 2 heterocycles. The van der Waals surface area contributed by atoms with Crippen molar-refractivity contribution in [3.63, 3.8) is 0 Å².